The van der Waals surface area contributed by atoms with Gasteiger partial charge in [0.2, 0.25) is 5.91 Å². The lowest BCUT2D eigenvalue weighted by Crippen LogP contribution is -2.43. The fraction of sp³-hybridized carbons (Fsp3) is 0.786. The van der Waals surface area contributed by atoms with E-state index >= 15 is 0 Å². The maximum absolute atomic E-state index is 12.2. The van der Waals surface area contributed by atoms with Crippen molar-refractivity contribution in [3.63, 3.8) is 0 Å². The van der Waals surface area contributed by atoms with Gasteiger partial charge >= 0.3 is 0 Å². The Morgan fingerprint density at radius 3 is 2.50 bits per heavy atom. The van der Waals surface area contributed by atoms with Gasteiger partial charge in [0.25, 0.3) is 0 Å². The van der Waals surface area contributed by atoms with Crippen LogP contribution in [-0.4, -0.2) is 11.9 Å². The van der Waals surface area contributed by atoms with Crippen molar-refractivity contribution in [3.8, 4) is 12.3 Å². The molecule has 1 aliphatic carbocycles. The normalized spacial score (nSPS) is 20.1. The summed E-state index contributed by atoms with van der Waals surface area (Å²) in [7, 11) is 0. The molecule has 1 amide bonds. The molecule has 0 heterocycles. The van der Waals surface area contributed by atoms with Gasteiger partial charge in [-0.25, -0.2) is 0 Å². The van der Waals surface area contributed by atoms with Crippen LogP contribution in [0, 0.1) is 17.8 Å². The van der Waals surface area contributed by atoms with Gasteiger partial charge in [-0.15, -0.1) is 6.42 Å². The second-order valence-electron chi connectivity index (χ2n) is 4.82. The number of hydrogen-bond acceptors (Lipinski definition) is 1. The smallest absolute Gasteiger partial charge is 0.227 e. The molecule has 0 saturated heterocycles. The number of carbonyl (C=O) groups is 1. The standard InChI is InChI=1S/C14H23NO/c1-4-9-12(5-2)15-13(16)14(6-3)10-7-8-11-14/h2,12H,4,6-11H2,1,3H3,(H,15,16). The van der Waals surface area contributed by atoms with Crippen molar-refractivity contribution < 1.29 is 4.79 Å². The molecule has 2 nitrogen and oxygen atoms in total. The fourth-order valence-electron chi connectivity index (χ4n) is 2.59. The minimum absolute atomic E-state index is 0.0819. The van der Waals surface area contributed by atoms with E-state index in [1.54, 1.807) is 0 Å². The summed E-state index contributed by atoms with van der Waals surface area (Å²) in [6, 6.07) is -0.0819. The number of amides is 1. The lowest BCUT2D eigenvalue weighted by Gasteiger charge is -2.27. The number of hydrogen-bond donors (Lipinski definition) is 1. The largest absolute Gasteiger partial charge is 0.342 e. The van der Waals surface area contributed by atoms with Gasteiger partial charge in [0.1, 0.15) is 0 Å². The van der Waals surface area contributed by atoms with Crippen LogP contribution in [0.15, 0.2) is 0 Å². The summed E-state index contributed by atoms with van der Waals surface area (Å²) in [6.07, 6.45) is 12.6. The van der Waals surface area contributed by atoms with E-state index in [0.29, 0.717) is 0 Å². The molecule has 1 atom stereocenters. The average Bonchev–Trinajstić information content (AvgIpc) is 2.78. The summed E-state index contributed by atoms with van der Waals surface area (Å²) in [5, 5.41) is 3.03. The predicted molar refractivity (Wildman–Crippen MR) is 66.9 cm³/mol. The van der Waals surface area contributed by atoms with E-state index in [1.165, 1.54) is 12.8 Å². The van der Waals surface area contributed by atoms with E-state index in [2.05, 4.69) is 25.1 Å². The molecule has 0 bridgehead atoms. The van der Waals surface area contributed by atoms with E-state index in [0.717, 1.165) is 32.1 Å². The molecule has 0 aliphatic heterocycles. The zero-order valence-electron chi connectivity index (χ0n) is 10.5. The van der Waals surface area contributed by atoms with Gasteiger partial charge in [0.15, 0.2) is 0 Å². The minimum Gasteiger partial charge on any atom is -0.342 e. The van der Waals surface area contributed by atoms with Crippen LogP contribution < -0.4 is 5.32 Å². The van der Waals surface area contributed by atoms with E-state index in [-0.39, 0.29) is 17.4 Å². The Labute approximate surface area is 99.2 Å². The maximum atomic E-state index is 12.2. The monoisotopic (exact) mass is 221 g/mol. The topological polar surface area (TPSA) is 29.1 Å². The minimum atomic E-state index is -0.122. The summed E-state index contributed by atoms with van der Waals surface area (Å²) < 4.78 is 0. The zero-order chi connectivity index (χ0) is 12.0. The molecule has 1 aliphatic rings. The highest BCUT2D eigenvalue weighted by Crippen LogP contribution is 2.41. The molecule has 0 radical (unpaired) electrons. The molecule has 2 heteroatoms. The molecule has 0 spiro atoms. The molecule has 1 unspecified atom stereocenters. The van der Waals surface area contributed by atoms with Crippen LogP contribution >= 0.6 is 0 Å². The molecule has 0 aromatic carbocycles. The lowest BCUT2D eigenvalue weighted by molar-refractivity contribution is -0.131. The van der Waals surface area contributed by atoms with Gasteiger partial charge in [0.05, 0.1) is 6.04 Å². The highest BCUT2D eigenvalue weighted by atomic mass is 16.2. The molecule has 16 heavy (non-hydrogen) atoms. The van der Waals surface area contributed by atoms with Gasteiger partial charge in [-0.3, -0.25) is 4.79 Å². The summed E-state index contributed by atoms with van der Waals surface area (Å²) in [5.41, 5.74) is -0.122. The highest BCUT2D eigenvalue weighted by molar-refractivity contribution is 5.83. The van der Waals surface area contributed by atoms with E-state index in [4.69, 9.17) is 6.42 Å². The van der Waals surface area contributed by atoms with Crippen LogP contribution in [0.25, 0.3) is 0 Å². The Bertz CT molecular complexity index is 271. The van der Waals surface area contributed by atoms with Crippen molar-refractivity contribution in [1.82, 2.24) is 5.32 Å². The summed E-state index contributed by atoms with van der Waals surface area (Å²) in [4.78, 5) is 12.2. The third-order valence-corrected chi connectivity index (χ3v) is 3.80. The van der Waals surface area contributed by atoms with Crippen molar-refractivity contribution in [2.45, 2.75) is 64.8 Å². The van der Waals surface area contributed by atoms with E-state index < -0.39 is 0 Å². The van der Waals surface area contributed by atoms with E-state index in [9.17, 15) is 4.79 Å². The first kappa shape index (κ1) is 13.1. The molecule has 1 N–H and O–H groups in total. The van der Waals surface area contributed by atoms with Crippen molar-refractivity contribution >= 4 is 5.91 Å². The Balaban J connectivity index is 2.59. The fourth-order valence-corrected chi connectivity index (χ4v) is 2.59. The van der Waals surface area contributed by atoms with Gasteiger partial charge in [-0.1, -0.05) is 39.0 Å². The van der Waals surface area contributed by atoms with Gasteiger partial charge in [0, 0.05) is 5.41 Å². The van der Waals surface area contributed by atoms with Crippen molar-refractivity contribution in [1.29, 1.82) is 0 Å². The second-order valence-corrected chi connectivity index (χ2v) is 4.82. The van der Waals surface area contributed by atoms with Gasteiger partial charge in [-0.2, -0.15) is 0 Å². The summed E-state index contributed by atoms with van der Waals surface area (Å²) in [6.45, 7) is 4.19. The van der Waals surface area contributed by atoms with Crippen LogP contribution in [0.5, 0.6) is 0 Å². The third-order valence-electron chi connectivity index (χ3n) is 3.80. The summed E-state index contributed by atoms with van der Waals surface area (Å²) in [5.74, 6) is 2.85. The number of rotatable bonds is 5. The van der Waals surface area contributed by atoms with Crippen LogP contribution in [-0.2, 0) is 4.79 Å². The van der Waals surface area contributed by atoms with Crippen LogP contribution in [0.4, 0.5) is 0 Å². The van der Waals surface area contributed by atoms with Crippen molar-refractivity contribution in [2.75, 3.05) is 0 Å². The lowest BCUT2D eigenvalue weighted by atomic mass is 9.82. The predicted octanol–water partition coefficient (Wildman–Crippen LogP) is 2.87. The second kappa shape index (κ2) is 5.94. The molecular formula is C14H23NO. The zero-order valence-corrected chi connectivity index (χ0v) is 10.5. The third kappa shape index (κ3) is 2.78. The van der Waals surface area contributed by atoms with Crippen molar-refractivity contribution in [3.05, 3.63) is 0 Å². The molecule has 1 rings (SSSR count). The quantitative estimate of drug-likeness (QED) is 0.711. The summed E-state index contributed by atoms with van der Waals surface area (Å²) >= 11 is 0. The molecule has 90 valence electrons. The van der Waals surface area contributed by atoms with Gasteiger partial charge < -0.3 is 5.32 Å². The highest BCUT2D eigenvalue weighted by Gasteiger charge is 2.39. The number of nitrogens with one attached hydrogen (secondary N) is 1. The Hall–Kier alpha value is -0.970. The van der Waals surface area contributed by atoms with Crippen LogP contribution in [0.3, 0.4) is 0 Å². The first-order valence-electron chi connectivity index (χ1n) is 6.45. The van der Waals surface area contributed by atoms with Crippen molar-refractivity contribution in [2.24, 2.45) is 5.41 Å². The van der Waals surface area contributed by atoms with Crippen LogP contribution in [0.1, 0.15) is 58.8 Å². The Kier molecular flexibility index (Phi) is 4.86. The SMILES string of the molecule is C#CC(CCC)NC(=O)C1(CC)CCCC1. The Morgan fingerprint density at radius 2 is 2.06 bits per heavy atom. The maximum Gasteiger partial charge on any atom is 0.227 e. The number of carbonyl (C=O) groups excluding carboxylic acids is 1. The Morgan fingerprint density at radius 1 is 1.44 bits per heavy atom. The first-order valence-corrected chi connectivity index (χ1v) is 6.45. The molecule has 1 saturated carbocycles. The number of terminal acetylenes is 1. The van der Waals surface area contributed by atoms with Gasteiger partial charge in [-0.05, 0) is 25.7 Å². The first-order chi connectivity index (χ1) is 7.68. The average molecular weight is 221 g/mol. The van der Waals surface area contributed by atoms with E-state index in [1.807, 2.05) is 0 Å². The molecule has 1 fully saturated rings. The molecular weight excluding hydrogens is 198 g/mol. The molecule has 0 aromatic heterocycles. The van der Waals surface area contributed by atoms with Crippen LogP contribution in [0.2, 0.25) is 0 Å². The molecule has 0 aromatic rings.